The van der Waals surface area contributed by atoms with E-state index in [-0.39, 0.29) is 5.91 Å². The first-order valence-electron chi connectivity index (χ1n) is 8.17. The summed E-state index contributed by atoms with van der Waals surface area (Å²) in [5.74, 6) is 1.29. The zero-order valence-electron chi connectivity index (χ0n) is 14.7. The number of amides is 1. The van der Waals surface area contributed by atoms with Crippen LogP contribution in [-0.2, 0) is 0 Å². The first kappa shape index (κ1) is 17.5. The van der Waals surface area contributed by atoms with E-state index >= 15 is 0 Å². The number of carbonyl (C=O) groups excluding carboxylic acids is 1. The molecule has 0 fully saturated rings. The highest BCUT2D eigenvalue weighted by Gasteiger charge is 2.16. The van der Waals surface area contributed by atoms with Crippen LogP contribution in [0.2, 0.25) is 0 Å². The van der Waals surface area contributed by atoms with Crippen LogP contribution in [-0.4, -0.2) is 53.1 Å². The number of rotatable bonds is 7. The van der Waals surface area contributed by atoms with Gasteiger partial charge >= 0.3 is 0 Å². The number of benzene rings is 2. The van der Waals surface area contributed by atoms with Gasteiger partial charge in [-0.05, 0) is 36.4 Å². The van der Waals surface area contributed by atoms with Crippen molar-refractivity contribution in [3.63, 3.8) is 0 Å². The van der Waals surface area contributed by atoms with Crippen molar-refractivity contribution >= 4 is 5.91 Å². The highest BCUT2D eigenvalue weighted by atomic mass is 16.5. The van der Waals surface area contributed by atoms with Gasteiger partial charge in [0, 0.05) is 7.05 Å². The molecule has 26 heavy (non-hydrogen) atoms. The Hall–Kier alpha value is -3.35. The second kappa shape index (κ2) is 8.15. The monoisotopic (exact) mass is 352 g/mol. The lowest BCUT2D eigenvalue weighted by Crippen LogP contribution is -2.31. The Morgan fingerprint density at radius 2 is 1.77 bits per heavy atom. The van der Waals surface area contributed by atoms with Gasteiger partial charge in [-0.15, -0.1) is 5.10 Å². The summed E-state index contributed by atoms with van der Waals surface area (Å²) in [6.07, 6.45) is 1.62. The van der Waals surface area contributed by atoms with Crippen molar-refractivity contribution in [1.82, 2.24) is 19.9 Å². The van der Waals surface area contributed by atoms with Gasteiger partial charge in [0.2, 0.25) is 0 Å². The van der Waals surface area contributed by atoms with Crippen LogP contribution < -0.4 is 9.47 Å². The van der Waals surface area contributed by atoms with E-state index in [0.29, 0.717) is 18.8 Å². The number of para-hydroxylation sites is 1. The summed E-state index contributed by atoms with van der Waals surface area (Å²) in [5, 5.41) is 7.98. The van der Waals surface area contributed by atoms with E-state index in [9.17, 15) is 4.79 Å². The Labute approximate surface area is 151 Å². The number of nitrogens with zero attached hydrogens (tertiary/aromatic N) is 4. The summed E-state index contributed by atoms with van der Waals surface area (Å²) in [6.45, 7) is 0.810. The molecule has 0 radical (unpaired) electrons. The Bertz CT molecular complexity index is 847. The van der Waals surface area contributed by atoms with Gasteiger partial charge in [0.1, 0.15) is 18.1 Å². The van der Waals surface area contributed by atoms with Crippen LogP contribution in [0, 0.1) is 0 Å². The summed E-state index contributed by atoms with van der Waals surface area (Å²) < 4.78 is 12.3. The van der Waals surface area contributed by atoms with Crippen molar-refractivity contribution in [3.05, 3.63) is 66.5 Å². The van der Waals surface area contributed by atoms with Gasteiger partial charge in [-0.25, -0.2) is 4.68 Å². The van der Waals surface area contributed by atoms with Gasteiger partial charge in [0.15, 0.2) is 5.69 Å². The van der Waals surface area contributed by atoms with Gasteiger partial charge in [-0.1, -0.05) is 23.4 Å². The van der Waals surface area contributed by atoms with Gasteiger partial charge in [-0.3, -0.25) is 4.79 Å². The van der Waals surface area contributed by atoms with Crippen LogP contribution in [0.3, 0.4) is 0 Å². The maximum atomic E-state index is 12.5. The number of hydrogen-bond acceptors (Lipinski definition) is 5. The van der Waals surface area contributed by atoms with Crippen LogP contribution in [0.4, 0.5) is 0 Å². The summed E-state index contributed by atoms with van der Waals surface area (Å²) >= 11 is 0. The molecule has 1 amide bonds. The van der Waals surface area contributed by atoms with Crippen molar-refractivity contribution in [3.8, 4) is 17.2 Å². The van der Waals surface area contributed by atoms with Crippen molar-refractivity contribution in [2.45, 2.75) is 0 Å². The minimum Gasteiger partial charge on any atom is -0.497 e. The van der Waals surface area contributed by atoms with Crippen molar-refractivity contribution in [1.29, 1.82) is 0 Å². The Kier molecular flexibility index (Phi) is 5.48. The molecule has 1 heterocycles. The molecule has 0 N–H and O–H groups in total. The molecule has 0 aliphatic rings. The topological polar surface area (TPSA) is 69.5 Å². The van der Waals surface area contributed by atoms with E-state index in [1.165, 1.54) is 0 Å². The number of carbonyl (C=O) groups is 1. The molecule has 3 aromatic rings. The number of likely N-dealkylation sites (N-methyl/N-ethyl adjacent to an activating group) is 1. The molecule has 0 saturated carbocycles. The molecule has 3 rings (SSSR count). The summed E-state index contributed by atoms with van der Waals surface area (Å²) in [4.78, 5) is 14.0. The minimum absolute atomic E-state index is 0.203. The van der Waals surface area contributed by atoms with Gasteiger partial charge in [-0.2, -0.15) is 0 Å². The molecule has 0 atom stereocenters. The molecule has 0 bridgehead atoms. The highest BCUT2D eigenvalue weighted by molar-refractivity contribution is 5.91. The second-order valence-electron chi connectivity index (χ2n) is 5.63. The van der Waals surface area contributed by atoms with Crippen LogP contribution in [0.15, 0.2) is 60.8 Å². The van der Waals surface area contributed by atoms with Crippen LogP contribution in [0.5, 0.6) is 11.5 Å². The molecule has 0 saturated heterocycles. The lowest BCUT2D eigenvalue weighted by Gasteiger charge is -2.16. The highest BCUT2D eigenvalue weighted by Crippen LogP contribution is 2.17. The number of hydrogen-bond donors (Lipinski definition) is 0. The van der Waals surface area contributed by atoms with Crippen molar-refractivity contribution in [2.24, 2.45) is 0 Å². The average Bonchev–Trinajstić information content (AvgIpc) is 3.18. The van der Waals surface area contributed by atoms with Crippen LogP contribution >= 0.6 is 0 Å². The third-order valence-electron chi connectivity index (χ3n) is 3.83. The summed E-state index contributed by atoms with van der Waals surface area (Å²) in [5.41, 5.74) is 1.14. The Morgan fingerprint density at radius 1 is 1.08 bits per heavy atom. The first-order chi connectivity index (χ1) is 12.7. The number of aromatic nitrogens is 3. The maximum Gasteiger partial charge on any atom is 0.275 e. The van der Waals surface area contributed by atoms with E-state index in [4.69, 9.17) is 9.47 Å². The Morgan fingerprint density at radius 3 is 2.46 bits per heavy atom. The molecular weight excluding hydrogens is 332 g/mol. The second-order valence-corrected chi connectivity index (χ2v) is 5.63. The molecule has 1 aromatic heterocycles. The Balaban J connectivity index is 1.53. The van der Waals surface area contributed by atoms with Gasteiger partial charge in [0.25, 0.3) is 5.91 Å². The fraction of sp³-hybridized carbons (Fsp3) is 0.211. The van der Waals surface area contributed by atoms with E-state index in [0.717, 1.165) is 17.2 Å². The quantitative estimate of drug-likeness (QED) is 0.653. The molecule has 7 heteroatoms. The smallest absolute Gasteiger partial charge is 0.275 e. The fourth-order valence-electron chi connectivity index (χ4n) is 2.34. The zero-order chi connectivity index (χ0) is 18.4. The zero-order valence-corrected chi connectivity index (χ0v) is 14.7. The van der Waals surface area contributed by atoms with Crippen molar-refractivity contribution in [2.75, 3.05) is 27.3 Å². The predicted octanol–water partition coefficient (Wildman–Crippen LogP) is 2.43. The van der Waals surface area contributed by atoms with Gasteiger partial charge in [0.05, 0.1) is 25.5 Å². The summed E-state index contributed by atoms with van der Waals surface area (Å²) in [6, 6.07) is 16.8. The lowest BCUT2D eigenvalue weighted by atomic mass is 10.3. The van der Waals surface area contributed by atoms with E-state index in [1.807, 2.05) is 54.6 Å². The largest absolute Gasteiger partial charge is 0.497 e. The molecule has 0 spiro atoms. The normalized spacial score (nSPS) is 10.4. The molecular formula is C19H20N4O3. The first-order valence-corrected chi connectivity index (χ1v) is 8.17. The van der Waals surface area contributed by atoms with Crippen LogP contribution in [0.25, 0.3) is 5.69 Å². The molecule has 0 unspecified atom stereocenters. The molecule has 2 aromatic carbocycles. The third-order valence-corrected chi connectivity index (χ3v) is 3.83. The predicted molar refractivity (Wildman–Crippen MR) is 96.8 cm³/mol. The molecule has 0 aliphatic carbocycles. The molecule has 134 valence electrons. The summed E-state index contributed by atoms with van der Waals surface area (Å²) in [7, 11) is 3.33. The molecule has 0 aliphatic heterocycles. The minimum atomic E-state index is -0.203. The lowest BCUT2D eigenvalue weighted by molar-refractivity contribution is 0.0768. The maximum absolute atomic E-state index is 12.5. The van der Waals surface area contributed by atoms with E-state index in [2.05, 4.69) is 10.3 Å². The number of ether oxygens (including phenoxy) is 2. The van der Waals surface area contributed by atoms with Gasteiger partial charge < -0.3 is 14.4 Å². The standard InChI is InChI=1S/C19H20N4O3/c1-22(12-13-26-17-10-8-16(25-2)9-11-17)19(24)18-14-23(21-20-18)15-6-4-3-5-7-15/h3-11,14H,12-13H2,1-2H3. The van der Waals surface area contributed by atoms with E-state index < -0.39 is 0 Å². The van der Waals surface area contributed by atoms with Crippen molar-refractivity contribution < 1.29 is 14.3 Å². The fourth-order valence-corrected chi connectivity index (χ4v) is 2.34. The number of methoxy groups -OCH3 is 1. The third kappa shape index (κ3) is 4.18. The average molecular weight is 352 g/mol. The molecule has 7 nitrogen and oxygen atoms in total. The van der Waals surface area contributed by atoms with Crippen LogP contribution in [0.1, 0.15) is 10.5 Å². The van der Waals surface area contributed by atoms with E-state index in [1.54, 1.807) is 29.9 Å². The SMILES string of the molecule is COc1ccc(OCCN(C)C(=O)c2cn(-c3ccccc3)nn2)cc1.